The molecular formula is C21H22ClFN4O2S. The van der Waals surface area contributed by atoms with Gasteiger partial charge in [-0.05, 0) is 50.1 Å². The van der Waals surface area contributed by atoms with Crippen molar-refractivity contribution in [2.45, 2.75) is 39.1 Å². The predicted octanol–water partition coefficient (Wildman–Crippen LogP) is 5.02. The monoisotopic (exact) mass is 448 g/mol. The summed E-state index contributed by atoms with van der Waals surface area (Å²) in [4.78, 5) is 12.2. The Kier molecular flexibility index (Phi) is 7.33. The van der Waals surface area contributed by atoms with Gasteiger partial charge in [-0.25, -0.2) is 4.39 Å². The van der Waals surface area contributed by atoms with Gasteiger partial charge in [-0.15, -0.1) is 10.2 Å². The summed E-state index contributed by atoms with van der Waals surface area (Å²) in [5.74, 6) is 0.880. The molecule has 158 valence electrons. The molecule has 0 atom stereocenters. The number of ether oxygens (including phenoxy) is 1. The molecule has 0 unspecified atom stereocenters. The Bertz CT molecular complexity index is 1040. The van der Waals surface area contributed by atoms with Crippen LogP contribution in [0, 0.1) is 19.7 Å². The number of amides is 1. The van der Waals surface area contributed by atoms with Gasteiger partial charge in [0.1, 0.15) is 18.2 Å². The van der Waals surface area contributed by atoms with Gasteiger partial charge in [-0.3, -0.25) is 4.79 Å². The summed E-state index contributed by atoms with van der Waals surface area (Å²) in [5, 5.41) is 11.7. The van der Waals surface area contributed by atoms with Crippen molar-refractivity contribution in [1.82, 2.24) is 14.8 Å². The number of aryl methyl sites for hydroxylation is 2. The maximum Gasteiger partial charge on any atom is 0.234 e. The fourth-order valence-electron chi connectivity index (χ4n) is 2.91. The molecule has 0 saturated heterocycles. The average molecular weight is 449 g/mol. The van der Waals surface area contributed by atoms with Crippen LogP contribution < -0.4 is 10.1 Å². The van der Waals surface area contributed by atoms with Crippen LogP contribution in [-0.2, 0) is 17.9 Å². The van der Waals surface area contributed by atoms with Crippen LogP contribution in [0.25, 0.3) is 0 Å². The quantitative estimate of drug-likeness (QED) is 0.490. The normalized spacial score (nSPS) is 10.8. The summed E-state index contributed by atoms with van der Waals surface area (Å²) in [7, 11) is 0. The van der Waals surface area contributed by atoms with E-state index in [1.807, 2.05) is 43.5 Å². The lowest BCUT2D eigenvalue weighted by molar-refractivity contribution is -0.113. The van der Waals surface area contributed by atoms with Crippen LogP contribution in [0.3, 0.4) is 0 Å². The SMILES string of the molecule is CCn1c(COc2c(C)cccc2C)nnc1SCC(=O)Nc1ccc(F)c(Cl)c1. The second-order valence-electron chi connectivity index (χ2n) is 6.62. The Morgan fingerprint density at radius 2 is 1.97 bits per heavy atom. The molecule has 1 heterocycles. The number of nitrogens with zero attached hydrogens (tertiary/aromatic N) is 3. The Morgan fingerprint density at radius 3 is 2.63 bits per heavy atom. The molecule has 0 spiro atoms. The molecule has 3 aromatic rings. The maximum absolute atomic E-state index is 13.2. The summed E-state index contributed by atoms with van der Waals surface area (Å²) in [6.07, 6.45) is 0. The van der Waals surface area contributed by atoms with Crippen molar-refractivity contribution in [3.63, 3.8) is 0 Å². The first-order chi connectivity index (χ1) is 14.4. The van der Waals surface area contributed by atoms with Crippen molar-refractivity contribution in [1.29, 1.82) is 0 Å². The zero-order chi connectivity index (χ0) is 21.7. The molecule has 0 radical (unpaired) electrons. The summed E-state index contributed by atoms with van der Waals surface area (Å²) < 4.78 is 21.1. The lowest BCUT2D eigenvalue weighted by Crippen LogP contribution is -2.15. The lowest BCUT2D eigenvalue weighted by atomic mass is 10.1. The molecule has 2 aromatic carbocycles. The smallest absolute Gasteiger partial charge is 0.234 e. The largest absolute Gasteiger partial charge is 0.485 e. The molecule has 0 fully saturated rings. The van der Waals surface area contributed by atoms with Crippen molar-refractivity contribution in [3.8, 4) is 5.75 Å². The van der Waals surface area contributed by atoms with Crippen LogP contribution >= 0.6 is 23.4 Å². The second-order valence-corrected chi connectivity index (χ2v) is 7.97. The molecule has 0 bridgehead atoms. The van der Waals surface area contributed by atoms with E-state index < -0.39 is 5.82 Å². The molecule has 0 saturated carbocycles. The number of carbonyl (C=O) groups excluding carboxylic acids is 1. The van der Waals surface area contributed by atoms with E-state index in [1.54, 1.807) is 0 Å². The molecule has 0 aliphatic heterocycles. The van der Waals surface area contributed by atoms with Crippen molar-refractivity contribution in [2.75, 3.05) is 11.1 Å². The van der Waals surface area contributed by atoms with Gasteiger partial charge in [0.2, 0.25) is 5.91 Å². The van der Waals surface area contributed by atoms with E-state index in [2.05, 4.69) is 15.5 Å². The third kappa shape index (κ3) is 5.31. The number of carbonyl (C=O) groups is 1. The van der Waals surface area contributed by atoms with E-state index in [0.29, 0.717) is 23.2 Å². The van der Waals surface area contributed by atoms with Gasteiger partial charge >= 0.3 is 0 Å². The van der Waals surface area contributed by atoms with Crippen molar-refractivity contribution < 1.29 is 13.9 Å². The Balaban J connectivity index is 1.61. The van der Waals surface area contributed by atoms with E-state index in [1.165, 1.54) is 30.0 Å². The van der Waals surface area contributed by atoms with Crippen molar-refractivity contribution in [2.24, 2.45) is 0 Å². The minimum absolute atomic E-state index is 0.0419. The topological polar surface area (TPSA) is 69.0 Å². The third-order valence-corrected chi connectivity index (χ3v) is 5.66. The number of nitrogens with one attached hydrogen (secondary N) is 1. The summed E-state index contributed by atoms with van der Waals surface area (Å²) in [6.45, 7) is 6.92. The highest BCUT2D eigenvalue weighted by molar-refractivity contribution is 7.99. The molecule has 30 heavy (non-hydrogen) atoms. The van der Waals surface area contributed by atoms with Gasteiger partial charge < -0.3 is 14.6 Å². The number of para-hydroxylation sites is 1. The van der Waals surface area contributed by atoms with Crippen LogP contribution in [0.1, 0.15) is 23.9 Å². The summed E-state index contributed by atoms with van der Waals surface area (Å²) >= 11 is 7.01. The fourth-order valence-corrected chi connectivity index (χ4v) is 3.92. The number of anilines is 1. The van der Waals surface area contributed by atoms with Gasteiger partial charge in [0, 0.05) is 12.2 Å². The highest BCUT2D eigenvalue weighted by atomic mass is 35.5. The fraction of sp³-hybridized carbons (Fsp3) is 0.286. The van der Waals surface area contributed by atoms with Crippen LogP contribution in [-0.4, -0.2) is 26.4 Å². The van der Waals surface area contributed by atoms with Crippen LogP contribution in [0.4, 0.5) is 10.1 Å². The van der Waals surface area contributed by atoms with Crippen molar-refractivity contribution in [3.05, 3.63) is 64.2 Å². The van der Waals surface area contributed by atoms with Gasteiger partial charge in [0.15, 0.2) is 11.0 Å². The minimum atomic E-state index is -0.532. The Morgan fingerprint density at radius 1 is 1.23 bits per heavy atom. The minimum Gasteiger partial charge on any atom is -0.485 e. The Labute approximate surface area is 183 Å². The first kappa shape index (κ1) is 22.1. The second kappa shape index (κ2) is 9.95. The van der Waals surface area contributed by atoms with Gasteiger partial charge in [0.05, 0.1) is 10.8 Å². The standard InChI is InChI=1S/C21H22ClFN4O2S/c1-4-27-18(11-29-20-13(2)6-5-7-14(20)3)25-26-21(27)30-12-19(28)24-15-8-9-17(23)16(22)10-15/h5-10H,4,11-12H2,1-3H3,(H,24,28). The van der Waals surface area contributed by atoms with Gasteiger partial charge in [0.25, 0.3) is 0 Å². The highest BCUT2D eigenvalue weighted by Gasteiger charge is 2.15. The van der Waals surface area contributed by atoms with Crippen LogP contribution in [0.5, 0.6) is 5.75 Å². The maximum atomic E-state index is 13.2. The molecule has 1 amide bonds. The highest BCUT2D eigenvalue weighted by Crippen LogP contribution is 2.24. The molecule has 1 N–H and O–H groups in total. The summed E-state index contributed by atoms with van der Waals surface area (Å²) in [6, 6.07) is 10.0. The summed E-state index contributed by atoms with van der Waals surface area (Å²) in [5.41, 5.74) is 2.56. The lowest BCUT2D eigenvalue weighted by Gasteiger charge is -2.12. The first-order valence-electron chi connectivity index (χ1n) is 9.37. The first-order valence-corrected chi connectivity index (χ1v) is 10.7. The van der Waals surface area contributed by atoms with Crippen LogP contribution in [0.15, 0.2) is 41.6 Å². The zero-order valence-corrected chi connectivity index (χ0v) is 18.5. The number of hydrogen-bond acceptors (Lipinski definition) is 5. The van der Waals surface area contributed by atoms with Gasteiger partial charge in [-0.2, -0.15) is 0 Å². The number of benzene rings is 2. The molecule has 6 nitrogen and oxygen atoms in total. The average Bonchev–Trinajstić information content (AvgIpc) is 3.10. The molecule has 0 aliphatic rings. The number of halogens is 2. The molecule has 9 heteroatoms. The van der Waals surface area contributed by atoms with E-state index in [-0.39, 0.29) is 23.3 Å². The van der Waals surface area contributed by atoms with E-state index in [0.717, 1.165) is 16.9 Å². The molecule has 3 rings (SSSR count). The van der Waals surface area contributed by atoms with E-state index in [4.69, 9.17) is 16.3 Å². The number of aromatic nitrogens is 3. The number of hydrogen-bond donors (Lipinski definition) is 1. The van der Waals surface area contributed by atoms with Gasteiger partial charge in [-0.1, -0.05) is 41.6 Å². The molecule has 1 aromatic heterocycles. The molecule has 0 aliphatic carbocycles. The van der Waals surface area contributed by atoms with E-state index >= 15 is 0 Å². The van der Waals surface area contributed by atoms with E-state index in [9.17, 15) is 9.18 Å². The zero-order valence-electron chi connectivity index (χ0n) is 16.9. The van der Waals surface area contributed by atoms with Crippen LogP contribution in [0.2, 0.25) is 5.02 Å². The number of rotatable bonds is 8. The number of thioether (sulfide) groups is 1. The Hall–Kier alpha value is -2.58. The predicted molar refractivity (Wildman–Crippen MR) is 117 cm³/mol. The molecular weight excluding hydrogens is 427 g/mol. The third-order valence-electron chi connectivity index (χ3n) is 4.40. The van der Waals surface area contributed by atoms with Crippen molar-refractivity contribution >= 4 is 35.0 Å².